The molecule has 17 heavy (non-hydrogen) atoms. The van der Waals surface area contributed by atoms with Crippen LogP contribution < -0.4 is 0 Å². The van der Waals surface area contributed by atoms with Crippen LogP contribution in [0.5, 0.6) is 0 Å². The average Bonchev–Trinajstić information content (AvgIpc) is 2.39. The van der Waals surface area contributed by atoms with Gasteiger partial charge in [-0.05, 0) is 37.0 Å². The van der Waals surface area contributed by atoms with Crippen molar-refractivity contribution in [3.05, 3.63) is 0 Å². The molecule has 0 spiro atoms. The molecule has 0 radical (unpaired) electrons. The highest BCUT2D eigenvalue weighted by atomic mass is 16.3. The lowest BCUT2D eigenvalue weighted by atomic mass is 9.60. The Morgan fingerprint density at radius 1 is 0.941 bits per heavy atom. The number of aliphatic hydroxyl groups is 1. The molecule has 1 heteroatoms. The maximum atomic E-state index is 11.3. The summed E-state index contributed by atoms with van der Waals surface area (Å²) < 4.78 is 0. The zero-order valence-electron chi connectivity index (χ0n) is 11.8. The van der Waals surface area contributed by atoms with E-state index in [-0.39, 0.29) is 5.60 Å². The third-order valence-electron chi connectivity index (χ3n) is 5.66. The highest BCUT2D eigenvalue weighted by Crippen LogP contribution is 2.48. The highest BCUT2D eigenvalue weighted by molar-refractivity contribution is 4.98. The summed E-state index contributed by atoms with van der Waals surface area (Å²) in [7, 11) is 0. The molecule has 2 fully saturated rings. The minimum absolute atomic E-state index is 0.311. The van der Waals surface area contributed by atoms with Crippen LogP contribution in [0.3, 0.4) is 0 Å². The van der Waals surface area contributed by atoms with Gasteiger partial charge in [0.05, 0.1) is 5.60 Å². The predicted molar refractivity (Wildman–Crippen MR) is 72.9 cm³/mol. The molecule has 0 heterocycles. The normalized spacial score (nSPS) is 43.6. The van der Waals surface area contributed by atoms with E-state index in [1.54, 1.807) is 0 Å². The van der Waals surface area contributed by atoms with Crippen molar-refractivity contribution in [1.29, 1.82) is 0 Å². The topological polar surface area (TPSA) is 20.2 Å². The van der Waals surface area contributed by atoms with Crippen LogP contribution in [0.4, 0.5) is 0 Å². The van der Waals surface area contributed by atoms with Gasteiger partial charge in [0, 0.05) is 0 Å². The summed E-state index contributed by atoms with van der Waals surface area (Å²) in [5, 5.41) is 11.3. The first-order valence-corrected chi connectivity index (χ1v) is 7.94. The monoisotopic (exact) mass is 238 g/mol. The van der Waals surface area contributed by atoms with E-state index in [2.05, 4.69) is 13.8 Å². The van der Waals surface area contributed by atoms with Gasteiger partial charge in [-0.15, -0.1) is 0 Å². The highest BCUT2D eigenvalue weighted by Gasteiger charge is 2.47. The lowest BCUT2D eigenvalue weighted by molar-refractivity contribution is -0.123. The summed E-state index contributed by atoms with van der Waals surface area (Å²) in [5.74, 6) is 1.97. The van der Waals surface area contributed by atoms with Crippen molar-refractivity contribution in [3.8, 4) is 0 Å². The first-order valence-electron chi connectivity index (χ1n) is 7.94. The van der Waals surface area contributed by atoms with Gasteiger partial charge in [0.1, 0.15) is 0 Å². The van der Waals surface area contributed by atoms with Crippen molar-refractivity contribution in [2.45, 2.75) is 83.7 Å². The molecule has 2 saturated carbocycles. The summed E-state index contributed by atoms with van der Waals surface area (Å²) in [6.07, 6.45) is 12.7. The summed E-state index contributed by atoms with van der Waals surface area (Å²) in [4.78, 5) is 0. The third kappa shape index (κ3) is 2.54. The van der Waals surface area contributed by atoms with Gasteiger partial charge < -0.3 is 5.11 Å². The van der Waals surface area contributed by atoms with Gasteiger partial charge in [0.15, 0.2) is 0 Å². The summed E-state index contributed by atoms with van der Waals surface area (Å²) in [5.41, 5.74) is -0.311. The molecular weight excluding hydrogens is 208 g/mol. The van der Waals surface area contributed by atoms with Gasteiger partial charge in [-0.25, -0.2) is 0 Å². The van der Waals surface area contributed by atoms with Gasteiger partial charge in [0.2, 0.25) is 0 Å². The summed E-state index contributed by atoms with van der Waals surface area (Å²) >= 11 is 0. The van der Waals surface area contributed by atoms with E-state index in [0.29, 0.717) is 11.8 Å². The zero-order valence-corrected chi connectivity index (χ0v) is 11.8. The van der Waals surface area contributed by atoms with E-state index in [1.807, 2.05) is 0 Å². The van der Waals surface area contributed by atoms with Gasteiger partial charge in [0.25, 0.3) is 0 Å². The molecule has 2 aliphatic rings. The maximum absolute atomic E-state index is 11.3. The maximum Gasteiger partial charge on any atom is 0.0706 e. The second kappa shape index (κ2) is 5.73. The van der Waals surface area contributed by atoms with Gasteiger partial charge in [-0.3, -0.25) is 0 Å². The van der Waals surface area contributed by atoms with E-state index in [9.17, 15) is 5.11 Å². The molecule has 1 N–H and O–H groups in total. The average molecular weight is 238 g/mol. The van der Waals surface area contributed by atoms with Crippen molar-refractivity contribution >= 4 is 0 Å². The molecule has 2 aliphatic carbocycles. The molecule has 4 unspecified atom stereocenters. The second-order valence-electron chi connectivity index (χ2n) is 6.40. The lowest BCUT2D eigenvalue weighted by Crippen LogP contribution is -2.50. The quantitative estimate of drug-likeness (QED) is 0.765. The van der Waals surface area contributed by atoms with Crippen molar-refractivity contribution < 1.29 is 5.11 Å². The summed E-state index contributed by atoms with van der Waals surface area (Å²) in [6.45, 7) is 4.58. The van der Waals surface area contributed by atoms with Crippen LogP contribution >= 0.6 is 0 Å². The first kappa shape index (κ1) is 13.4. The molecule has 0 aromatic carbocycles. The lowest BCUT2D eigenvalue weighted by Gasteiger charge is -2.49. The van der Waals surface area contributed by atoms with E-state index in [0.717, 1.165) is 12.3 Å². The molecule has 0 aromatic heterocycles. The largest absolute Gasteiger partial charge is 0.389 e. The fraction of sp³-hybridized carbons (Fsp3) is 1.00. The van der Waals surface area contributed by atoms with Crippen molar-refractivity contribution in [2.75, 3.05) is 0 Å². The van der Waals surface area contributed by atoms with Crippen LogP contribution in [-0.2, 0) is 0 Å². The molecular formula is C16H30O. The van der Waals surface area contributed by atoms with Crippen LogP contribution in [0.2, 0.25) is 0 Å². The number of hydrogen-bond donors (Lipinski definition) is 1. The van der Waals surface area contributed by atoms with Crippen LogP contribution in [0.15, 0.2) is 0 Å². The molecule has 0 saturated heterocycles. The molecule has 1 nitrogen and oxygen atoms in total. The van der Waals surface area contributed by atoms with Crippen molar-refractivity contribution in [2.24, 2.45) is 17.8 Å². The number of hydrogen-bond acceptors (Lipinski definition) is 1. The van der Waals surface area contributed by atoms with Crippen LogP contribution in [0.1, 0.15) is 78.1 Å². The Labute approximate surface area is 107 Å². The Kier molecular flexibility index (Phi) is 4.52. The number of rotatable bonds is 3. The van der Waals surface area contributed by atoms with Crippen molar-refractivity contribution in [3.63, 3.8) is 0 Å². The second-order valence-corrected chi connectivity index (χ2v) is 6.40. The Bertz CT molecular complexity index is 238. The van der Waals surface area contributed by atoms with Gasteiger partial charge >= 0.3 is 0 Å². The first-order chi connectivity index (χ1) is 8.22. The zero-order chi connectivity index (χ0) is 12.3. The molecule has 0 aromatic rings. The molecule has 0 bridgehead atoms. The Balaban J connectivity index is 2.15. The van der Waals surface area contributed by atoms with E-state index < -0.39 is 0 Å². The SMILES string of the molecule is CCC1CCCCC1C1(O)CCCCC1CC. The van der Waals surface area contributed by atoms with Gasteiger partial charge in [-0.1, -0.05) is 58.8 Å². The van der Waals surface area contributed by atoms with Gasteiger partial charge in [-0.2, -0.15) is 0 Å². The molecule has 0 aliphatic heterocycles. The fourth-order valence-corrected chi connectivity index (χ4v) is 4.65. The van der Waals surface area contributed by atoms with E-state index >= 15 is 0 Å². The third-order valence-corrected chi connectivity index (χ3v) is 5.66. The molecule has 100 valence electrons. The minimum Gasteiger partial charge on any atom is -0.389 e. The summed E-state index contributed by atoms with van der Waals surface area (Å²) in [6, 6.07) is 0. The Morgan fingerprint density at radius 3 is 2.35 bits per heavy atom. The van der Waals surface area contributed by atoms with Crippen LogP contribution in [0, 0.1) is 17.8 Å². The van der Waals surface area contributed by atoms with Crippen LogP contribution in [-0.4, -0.2) is 10.7 Å². The molecule has 2 rings (SSSR count). The van der Waals surface area contributed by atoms with Crippen LogP contribution in [0.25, 0.3) is 0 Å². The predicted octanol–water partition coefficient (Wildman–Crippen LogP) is 4.53. The molecule has 4 atom stereocenters. The standard InChI is InChI=1S/C16H30O/c1-3-13-9-5-6-11-15(13)16(17)12-8-7-10-14(16)4-2/h13-15,17H,3-12H2,1-2H3. The smallest absolute Gasteiger partial charge is 0.0706 e. The Hall–Kier alpha value is -0.0400. The Morgan fingerprint density at radius 2 is 1.65 bits per heavy atom. The molecule has 0 amide bonds. The fourth-order valence-electron chi connectivity index (χ4n) is 4.65. The minimum atomic E-state index is -0.311. The van der Waals surface area contributed by atoms with Crippen molar-refractivity contribution in [1.82, 2.24) is 0 Å². The van der Waals surface area contributed by atoms with E-state index in [1.165, 1.54) is 57.8 Å². The van der Waals surface area contributed by atoms with E-state index in [4.69, 9.17) is 0 Å².